The monoisotopic (exact) mass is 246 g/mol. The van der Waals surface area contributed by atoms with Gasteiger partial charge in [-0.1, -0.05) is 0 Å². The van der Waals surface area contributed by atoms with E-state index in [4.69, 9.17) is 0 Å². The molecule has 0 aromatic heterocycles. The summed E-state index contributed by atoms with van der Waals surface area (Å²) in [6.45, 7) is 0.176. The van der Waals surface area contributed by atoms with E-state index < -0.39 is 11.9 Å². The lowest BCUT2D eigenvalue weighted by molar-refractivity contribution is -0.146. The molecular weight excluding hydrogens is 228 g/mol. The lowest BCUT2D eigenvalue weighted by Gasteiger charge is -2.18. The summed E-state index contributed by atoms with van der Waals surface area (Å²) < 4.78 is 8.99. The molecule has 0 aromatic carbocycles. The lowest BCUT2D eigenvalue weighted by Crippen LogP contribution is -2.38. The van der Waals surface area contributed by atoms with E-state index in [0.29, 0.717) is 0 Å². The third-order valence-electron chi connectivity index (χ3n) is 2.09. The first-order chi connectivity index (χ1) is 8.03. The molecule has 0 saturated carbocycles. The molecule has 0 fully saturated rings. The van der Waals surface area contributed by atoms with Crippen LogP contribution < -0.4 is 5.32 Å². The fourth-order valence-corrected chi connectivity index (χ4v) is 1.09. The highest BCUT2D eigenvalue weighted by Gasteiger charge is 2.16. The second-order valence-corrected chi connectivity index (χ2v) is 3.29. The van der Waals surface area contributed by atoms with Gasteiger partial charge >= 0.3 is 11.9 Å². The Hall–Kier alpha value is -1.63. The number of carbonyl (C=O) groups is 3. The molecule has 0 aromatic rings. The van der Waals surface area contributed by atoms with Crippen molar-refractivity contribution >= 4 is 17.8 Å². The third kappa shape index (κ3) is 7.29. The quantitative estimate of drug-likeness (QED) is 0.566. The molecule has 0 spiro atoms. The van der Waals surface area contributed by atoms with Crippen LogP contribution in [0.25, 0.3) is 0 Å². The second-order valence-electron chi connectivity index (χ2n) is 3.29. The largest absolute Gasteiger partial charge is 0.468 e. The maximum atomic E-state index is 11.1. The molecule has 0 rings (SSSR count). The molecule has 0 bridgehead atoms. The predicted molar refractivity (Wildman–Crippen MR) is 59.2 cm³/mol. The van der Waals surface area contributed by atoms with Crippen LogP contribution in [0.1, 0.15) is 6.42 Å². The van der Waals surface area contributed by atoms with Crippen LogP contribution in [0.5, 0.6) is 0 Å². The van der Waals surface area contributed by atoms with Gasteiger partial charge in [-0.25, -0.2) is 0 Å². The maximum Gasteiger partial charge on any atom is 0.319 e. The van der Waals surface area contributed by atoms with Gasteiger partial charge in [0, 0.05) is 20.0 Å². The van der Waals surface area contributed by atoms with Gasteiger partial charge in [0.05, 0.1) is 27.3 Å². The second kappa shape index (κ2) is 8.51. The van der Waals surface area contributed by atoms with E-state index in [0.717, 1.165) is 0 Å². The minimum atomic E-state index is -0.467. The minimum Gasteiger partial charge on any atom is -0.468 e. The topological polar surface area (TPSA) is 84.9 Å². The van der Waals surface area contributed by atoms with Crippen molar-refractivity contribution in [3.05, 3.63) is 0 Å². The molecule has 7 heteroatoms. The zero-order chi connectivity index (χ0) is 13.3. The summed E-state index contributed by atoms with van der Waals surface area (Å²) in [4.78, 5) is 34.7. The van der Waals surface area contributed by atoms with Crippen molar-refractivity contribution in [2.24, 2.45) is 0 Å². The van der Waals surface area contributed by atoms with Gasteiger partial charge in [0.15, 0.2) is 0 Å². The van der Waals surface area contributed by atoms with Crippen LogP contribution in [0, 0.1) is 0 Å². The molecule has 17 heavy (non-hydrogen) atoms. The van der Waals surface area contributed by atoms with E-state index in [1.54, 1.807) is 0 Å². The van der Waals surface area contributed by atoms with Gasteiger partial charge in [0.1, 0.15) is 0 Å². The number of rotatable bonds is 7. The molecule has 0 aliphatic rings. The third-order valence-corrected chi connectivity index (χ3v) is 2.09. The van der Waals surface area contributed by atoms with Crippen molar-refractivity contribution in [2.45, 2.75) is 6.42 Å². The van der Waals surface area contributed by atoms with Crippen LogP contribution in [0.15, 0.2) is 0 Å². The molecule has 98 valence electrons. The van der Waals surface area contributed by atoms with E-state index in [9.17, 15) is 14.4 Å². The number of amides is 1. The summed E-state index contributed by atoms with van der Waals surface area (Å²) in [6, 6.07) is 0. The van der Waals surface area contributed by atoms with E-state index in [-0.39, 0.29) is 32.0 Å². The van der Waals surface area contributed by atoms with Crippen molar-refractivity contribution in [3.8, 4) is 0 Å². The number of nitrogens with one attached hydrogen (secondary N) is 1. The molecule has 0 heterocycles. The number of esters is 2. The number of methoxy groups -OCH3 is 2. The van der Waals surface area contributed by atoms with Crippen molar-refractivity contribution in [2.75, 3.05) is 40.9 Å². The molecule has 0 aliphatic heterocycles. The minimum absolute atomic E-state index is 0.0530. The summed E-state index contributed by atoms with van der Waals surface area (Å²) in [5.41, 5.74) is 0. The van der Waals surface area contributed by atoms with Crippen molar-refractivity contribution < 1.29 is 23.9 Å². The van der Waals surface area contributed by atoms with Crippen molar-refractivity contribution in [3.63, 3.8) is 0 Å². The Morgan fingerprint density at radius 3 is 1.88 bits per heavy atom. The molecule has 0 aliphatic carbocycles. The first-order valence-corrected chi connectivity index (χ1v) is 5.10. The average Bonchev–Trinajstić information content (AvgIpc) is 2.34. The number of nitrogens with zero attached hydrogens (tertiary/aromatic N) is 1. The molecule has 1 N–H and O–H groups in total. The first-order valence-electron chi connectivity index (χ1n) is 5.10. The summed E-state index contributed by atoms with van der Waals surface area (Å²) in [6.07, 6.45) is 0.199. The molecule has 0 unspecified atom stereocenters. The Labute approximate surface area is 100 Å². The smallest absolute Gasteiger partial charge is 0.319 e. The fourth-order valence-electron chi connectivity index (χ4n) is 1.09. The molecular formula is C10H18N2O5. The van der Waals surface area contributed by atoms with E-state index >= 15 is 0 Å². The Balaban J connectivity index is 4.24. The molecule has 0 saturated heterocycles. The summed E-state index contributed by atoms with van der Waals surface area (Å²) in [5.74, 6) is -1.10. The Bertz CT molecular complexity index is 262. The number of carbonyl (C=O) groups excluding carboxylic acids is 3. The zero-order valence-electron chi connectivity index (χ0n) is 10.3. The van der Waals surface area contributed by atoms with Crippen LogP contribution in [-0.4, -0.2) is 63.6 Å². The Morgan fingerprint density at radius 2 is 1.53 bits per heavy atom. The molecule has 0 atom stereocenters. The maximum absolute atomic E-state index is 11.1. The van der Waals surface area contributed by atoms with Gasteiger partial charge in [-0.05, 0) is 0 Å². The molecule has 7 nitrogen and oxygen atoms in total. The average molecular weight is 246 g/mol. The van der Waals surface area contributed by atoms with Gasteiger partial charge in [-0.3, -0.25) is 19.3 Å². The van der Waals surface area contributed by atoms with E-state index in [1.165, 1.54) is 26.2 Å². The summed E-state index contributed by atoms with van der Waals surface area (Å²) in [7, 11) is 4.04. The van der Waals surface area contributed by atoms with Crippen LogP contribution >= 0.6 is 0 Å². The lowest BCUT2D eigenvalue weighted by atomic mass is 10.3. The standard InChI is InChI=1S/C10H18N2O5/c1-11-8(13)4-5-12(6-9(14)16-2)7-10(15)17-3/h4-7H2,1-3H3,(H,11,13). The van der Waals surface area contributed by atoms with Crippen LogP contribution in [0.4, 0.5) is 0 Å². The highest BCUT2D eigenvalue weighted by molar-refractivity contribution is 5.77. The SMILES string of the molecule is CNC(=O)CCN(CC(=O)OC)CC(=O)OC. The number of hydrogen-bond donors (Lipinski definition) is 1. The number of hydrogen-bond acceptors (Lipinski definition) is 6. The van der Waals surface area contributed by atoms with Crippen LogP contribution in [0.2, 0.25) is 0 Å². The van der Waals surface area contributed by atoms with Crippen LogP contribution in [0.3, 0.4) is 0 Å². The highest BCUT2D eigenvalue weighted by Crippen LogP contribution is 1.94. The van der Waals surface area contributed by atoms with Gasteiger partial charge in [0.2, 0.25) is 5.91 Å². The van der Waals surface area contributed by atoms with Gasteiger partial charge in [-0.15, -0.1) is 0 Å². The van der Waals surface area contributed by atoms with E-state index in [1.807, 2.05) is 0 Å². The molecule has 0 radical (unpaired) electrons. The summed E-state index contributed by atoms with van der Waals surface area (Å²) >= 11 is 0. The molecule has 1 amide bonds. The zero-order valence-corrected chi connectivity index (χ0v) is 10.3. The Morgan fingerprint density at radius 1 is 1.06 bits per heavy atom. The Kier molecular flexibility index (Phi) is 7.70. The van der Waals surface area contributed by atoms with Crippen molar-refractivity contribution in [1.29, 1.82) is 0 Å². The summed E-state index contributed by atoms with van der Waals surface area (Å²) in [5, 5.41) is 2.46. The van der Waals surface area contributed by atoms with Crippen LogP contribution in [-0.2, 0) is 23.9 Å². The van der Waals surface area contributed by atoms with Gasteiger partial charge < -0.3 is 14.8 Å². The predicted octanol–water partition coefficient (Wildman–Crippen LogP) is -1.23. The number of ether oxygens (including phenoxy) is 2. The first kappa shape index (κ1) is 15.4. The van der Waals surface area contributed by atoms with Gasteiger partial charge in [-0.2, -0.15) is 0 Å². The van der Waals surface area contributed by atoms with Gasteiger partial charge in [0.25, 0.3) is 0 Å². The fraction of sp³-hybridized carbons (Fsp3) is 0.700. The normalized spacial score (nSPS) is 9.88. The van der Waals surface area contributed by atoms with Crippen molar-refractivity contribution in [1.82, 2.24) is 10.2 Å². The highest BCUT2D eigenvalue weighted by atomic mass is 16.5. The van der Waals surface area contributed by atoms with E-state index in [2.05, 4.69) is 14.8 Å².